The zero-order chi connectivity index (χ0) is 15.2. The number of nitrogens with one attached hydrogen (secondary N) is 2. The van der Waals surface area contributed by atoms with E-state index in [2.05, 4.69) is 33.5 Å². The molecule has 0 radical (unpaired) electrons. The molecule has 0 aliphatic carbocycles. The molecule has 0 fully saturated rings. The van der Waals surface area contributed by atoms with Crippen molar-refractivity contribution < 1.29 is 4.79 Å². The van der Waals surface area contributed by atoms with Crippen molar-refractivity contribution in [3.8, 4) is 0 Å². The molecule has 21 heavy (non-hydrogen) atoms. The largest absolute Gasteiger partial charge is 0.385 e. The first-order chi connectivity index (χ1) is 10.1. The third-order valence-electron chi connectivity index (χ3n) is 3.16. The Balaban J connectivity index is 2.04. The highest BCUT2D eigenvalue weighted by Crippen LogP contribution is 2.21. The van der Waals surface area contributed by atoms with Gasteiger partial charge in [0.1, 0.15) is 0 Å². The van der Waals surface area contributed by atoms with Crippen molar-refractivity contribution in [2.24, 2.45) is 0 Å². The Hall–Kier alpha value is -1.81. The molecule has 0 spiro atoms. The van der Waals surface area contributed by atoms with Crippen molar-refractivity contribution >= 4 is 33.2 Å². The van der Waals surface area contributed by atoms with Gasteiger partial charge in [-0.3, -0.25) is 4.79 Å². The van der Waals surface area contributed by atoms with Crippen LogP contribution in [0.4, 0.5) is 11.4 Å². The lowest BCUT2D eigenvalue weighted by molar-refractivity contribution is 0.102. The van der Waals surface area contributed by atoms with Crippen LogP contribution >= 0.6 is 15.9 Å². The van der Waals surface area contributed by atoms with Crippen LogP contribution in [0.3, 0.4) is 0 Å². The van der Waals surface area contributed by atoms with Gasteiger partial charge in [-0.05, 0) is 55.3 Å². The molecule has 0 bridgehead atoms. The summed E-state index contributed by atoms with van der Waals surface area (Å²) in [6, 6.07) is 13.3. The van der Waals surface area contributed by atoms with Crippen molar-refractivity contribution in [2.75, 3.05) is 17.2 Å². The number of carbonyl (C=O) groups is 1. The lowest BCUT2D eigenvalue weighted by Crippen LogP contribution is -2.12. The first-order valence-electron chi connectivity index (χ1n) is 7.01. The van der Waals surface area contributed by atoms with Gasteiger partial charge in [0.15, 0.2) is 0 Å². The van der Waals surface area contributed by atoms with E-state index in [1.54, 1.807) is 0 Å². The van der Waals surface area contributed by atoms with Gasteiger partial charge in [-0.25, -0.2) is 0 Å². The highest BCUT2D eigenvalue weighted by Gasteiger charge is 2.06. The molecule has 2 aromatic carbocycles. The molecule has 0 atom stereocenters. The lowest BCUT2D eigenvalue weighted by atomic mass is 10.1. The predicted octanol–water partition coefficient (Wildman–Crippen LogP) is 4.83. The molecule has 2 rings (SSSR count). The summed E-state index contributed by atoms with van der Waals surface area (Å²) in [6.07, 6.45) is 1.07. The topological polar surface area (TPSA) is 41.1 Å². The second-order valence-electron chi connectivity index (χ2n) is 4.92. The van der Waals surface area contributed by atoms with E-state index in [4.69, 9.17) is 0 Å². The standard InChI is InChI=1S/C17H19BrN2O/c1-3-10-19-14-8-5-13(6-9-14)17(21)20-15-7-4-12(2)16(18)11-15/h4-9,11,19H,3,10H2,1-2H3,(H,20,21). The van der Waals surface area contributed by atoms with Crippen LogP contribution in [0.1, 0.15) is 29.3 Å². The van der Waals surface area contributed by atoms with E-state index >= 15 is 0 Å². The average molecular weight is 347 g/mol. The van der Waals surface area contributed by atoms with Crippen LogP contribution in [-0.2, 0) is 0 Å². The summed E-state index contributed by atoms with van der Waals surface area (Å²) in [5.74, 6) is -0.104. The summed E-state index contributed by atoms with van der Waals surface area (Å²) < 4.78 is 0.986. The minimum atomic E-state index is -0.104. The maximum atomic E-state index is 12.2. The molecule has 0 aromatic heterocycles. The monoisotopic (exact) mass is 346 g/mol. The van der Waals surface area contributed by atoms with E-state index < -0.39 is 0 Å². The van der Waals surface area contributed by atoms with Gasteiger partial charge in [0.05, 0.1) is 0 Å². The number of hydrogen-bond acceptors (Lipinski definition) is 2. The molecule has 0 aliphatic rings. The van der Waals surface area contributed by atoms with Crippen LogP contribution in [0.15, 0.2) is 46.9 Å². The number of halogens is 1. The molecular weight excluding hydrogens is 328 g/mol. The number of rotatable bonds is 5. The molecule has 0 saturated heterocycles. The van der Waals surface area contributed by atoms with E-state index in [9.17, 15) is 4.79 Å². The zero-order valence-electron chi connectivity index (χ0n) is 12.2. The molecule has 3 nitrogen and oxygen atoms in total. The summed E-state index contributed by atoms with van der Waals surface area (Å²) in [7, 11) is 0. The predicted molar refractivity (Wildman–Crippen MR) is 92.1 cm³/mol. The molecule has 110 valence electrons. The van der Waals surface area contributed by atoms with Crippen molar-refractivity contribution in [3.05, 3.63) is 58.1 Å². The van der Waals surface area contributed by atoms with Gasteiger partial charge in [-0.15, -0.1) is 0 Å². The second-order valence-corrected chi connectivity index (χ2v) is 5.78. The molecule has 2 aromatic rings. The minimum Gasteiger partial charge on any atom is -0.385 e. The second kappa shape index (κ2) is 7.27. The number of anilines is 2. The third kappa shape index (κ3) is 4.33. The maximum absolute atomic E-state index is 12.2. The fourth-order valence-electron chi connectivity index (χ4n) is 1.88. The summed E-state index contributed by atoms with van der Waals surface area (Å²) in [4.78, 5) is 12.2. The van der Waals surface area contributed by atoms with Crippen LogP contribution in [0.2, 0.25) is 0 Å². The first-order valence-corrected chi connectivity index (χ1v) is 7.81. The quantitative estimate of drug-likeness (QED) is 0.813. The van der Waals surface area contributed by atoms with Gasteiger partial charge in [-0.2, -0.15) is 0 Å². The highest BCUT2D eigenvalue weighted by atomic mass is 79.9. The number of amides is 1. The molecule has 0 aliphatic heterocycles. The van der Waals surface area contributed by atoms with E-state index in [1.807, 2.05) is 49.4 Å². The Morgan fingerprint density at radius 3 is 2.38 bits per heavy atom. The van der Waals surface area contributed by atoms with Crippen LogP contribution < -0.4 is 10.6 Å². The maximum Gasteiger partial charge on any atom is 0.255 e. The van der Waals surface area contributed by atoms with Crippen LogP contribution in [0.25, 0.3) is 0 Å². The SMILES string of the molecule is CCCNc1ccc(C(=O)Nc2ccc(C)c(Br)c2)cc1. The van der Waals surface area contributed by atoms with E-state index in [0.717, 1.165) is 34.4 Å². The molecular formula is C17H19BrN2O. The van der Waals surface area contributed by atoms with Gasteiger partial charge in [0, 0.05) is 28.0 Å². The third-order valence-corrected chi connectivity index (χ3v) is 4.01. The first kappa shape index (κ1) is 15.6. The van der Waals surface area contributed by atoms with Gasteiger partial charge >= 0.3 is 0 Å². The Kier molecular flexibility index (Phi) is 5.39. The van der Waals surface area contributed by atoms with Crippen LogP contribution in [0, 0.1) is 6.92 Å². The Labute approximate surface area is 133 Å². The van der Waals surface area contributed by atoms with Crippen molar-refractivity contribution in [1.82, 2.24) is 0 Å². The fraction of sp³-hybridized carbons (Fsp3) is 0.235. The Morgan fingerprint density at radius 2 is 1.76 bits per heavy atom. The highest BCUT2D eigenvalue weighted by molar-refractivity contribution is 9.10. The van der Waals surface area contributed by atoms with Crippen molar-refractivity contribution in [3.63, 3.8) is 0 Å². The number of hydrogen-bond donors (Lipinski definition) is 2. The zero-order valence-corrected chi connectivity index (χ0v) is 13.8. The number of aryl methyl sites for hydroxylation is 1. The molecule has 0 heterocycles. The van der Waals surface area contributed by atoms with Gasteiger partial charge < -0.3 is 10.6 Å². The summed E-state index contributed by atoms with van der Waals surface area (Å²) >= 11 is 3.47. The van der Waals surface area contributed by atoms with E-state index in [-0.39, 0.29) is 5.91 Å². The molecule has 4 heteroatoms. The Bertz CT molecular complexity index is 623. The number of benzene rings is 2. The summed E-state index contributed by atoms with van der Waals surface area (Å²) in [5, 5.41) is 6.19. The molecule has 0 unspecified atom stereocenters. The smallest absolute Gasteiger partial charge is 0.255 e. The van der Waals surface area contributed by atoms with Crippen molar-refractivity contribution in [1.29, 1.82) is 0 Å². The van der Waals surface area contributed by atoms with Crippen molar-refractivity contribution in [2.45, 2.75) is 20.3 Å². The Morgan fingerprint density at radius 1 is 1.10 bits per heavy atom. The lowest BCUT2D eigenvalue weighted by Gasteiger charge is -2.08. The minimum absolute atomic E-state index is 0.104. The van der Waals surface area contributed by atoms with Crippen LogP contribution in [-0.4, -0.2) is 12.5 Å². The summed E-state index contributed by atoms with van der Waals surface area (Å²) in [5.41, 5.74) is 3.60. The van der Waals surface area contributed by atoms with Crippen LogP contribution in [0.5, 0.6) is 0 Å². The normalized spacial score (nSPS) is 10.2. The fourth-order valence-corrected chi connectivity index (χ4v) is 2.26. The number of carbonyl (C=O) groups excluding carboxylic acids is 1. The molecule has 1 amide bonds. The van der Waals surface area contributed by atoms with E-state index in [0.29, 0.717) is 5.56 Å². The van der Waals surface area contributed by atoms with Gasteiger partial charge in [-0.1, -0.05) is 28.9 Å². The van der Waals surface area contributed by atoms with Gasteiger partial charge in [0.2, 0.25) is 0 Å². The van der Waals surface area contributed by atoms with E-state index in [1.165, 1.54) is 0 Å². The van der Waals surface area contributed by atoms with Gasteiger partial charge in [0.25, 0.3) is 5.91 Å². The summed E-state index contributed by atoms with van der Waals surface area (Å²) in [6.45, 7) is 5.06. The average Bonchev–Trinajstić information content (AvgIpc) is 2.49. The molecule has 2 N–H and O–H groups in total. The molecule has 0 saturated carbocycles.